The zero-order valence-corrected chi connectivity index (χ0v) is 17.3. The van der Waals surface area contributed by atoms with Crippen molar-refractivity contribution in [3.8, 4) is 0 Å². The second-order valence-corrected chi connectivity index (χ2v) is 7.51. The maximum Gasteiger partial charge on any atom is 0.275 e. The molecule has 0 radical (unpaired) electrons. The van der Waals surface area contributed by atoms with Gasteiger partial charge in [-0.15, -0.1) is 0 Å². The van der Waals surface area contributed by atoms with Crippen molar-refractivity contribution in [2.24, 2.45) is 0 Å². The highest BCUT2D eigenvalue weighted by Gasteiger charge is 2.27. The van der Waals surface area contributed by atoms with Gasteiger partial charge in [0, 0.05) is 46.4 Å². The molecule has 9 heteroatoms. The molecule has 1 fully saturated rings. The van der Waals surface area contributed by atoms with E-state index >= 15 is 0 Å². The molecular formula is C17H28BrN5O3. The van der Waals surface area contributed by atoms with Gasteiger partial charge in [0.2, 0.25) is 5.91 Å². The van der Waals surface area contributed by atoms with Crippen LogP contribution in [0.1, 0.15) is 42.4 Å². The minimum absolute atomic E-state index is 0.0116. The third-order valence-electron chi connectivity index (χ3n) is 4.39. The van der Waals surface area contributed by atoms with Crippen LogP contribution in [0.3, 0.4) is 0 Å². The number of aromatic amines is 1. The maximum absolute atomic E-state index is 12.7. The van der Waals surface area contributed by atoms with Gasteiger partial charge in [-0.25, -0.2) is 0 Å². The molecule has 2 amide bonds. The summed E-state index contributed by atoms with van der Waals surface area (Å²) >= 11 is 3.49. The monoisotopic (exact) mass is 429 g/mol. The fourth-order valence-corrected chi connectivity index (χ4v) is 3.63. The average Bonchev–Trinajstić information content (AvgIpc) is 3.00. The van der Waals surface area contributed by atoms with Crippen LogP contribution >= 0.6 is 15.9 Å². The van der Waals surface area contributed by atoms with E-state index in [1.807, 2.05) is 13.8 Å². The zero-order chi connectivity index (χ0) is 19.1. The van der Waals surface area contributed by atoms with Crippen LogP contribution in [0.2, 0.25) is 0 Å². The molecule has 2 N–H and O–H groups in total. The van der Waals surface area contributed by atoms with Gasteiger partial charge in [-0.2, -0.15) is 5.10 Å². The van der Waals surface area contributed by atoms with E-state index in [2.05, 4.69) is 36.3 Å². The fourth-order valence-electron chi connectivity index (χ4n) is 2.83. The van der Waals surface area contributed by atoms with E-state index in [4.69, 9.17) is 4.74 Å². The Labute approximate surface area is 162 Å². The van der Waals surface area contributed by atoms with Crippen molar-refractivity contribution in [1.82, 2.24) is 25.3 Å². The quantitative estimate of drug-likeness (QED) is 0.605. The second-order valence-electron chi connectivity index (χ2n) is 6.72. The van der Waals surface area contributed by atoms with Crippen LogP contribution in [0.15, 0.2) is 4.47 Å². The first kappa shape index (κ1) is 20.9. The molecule has 1 aliphatic heterocycles. The molecule has 2 heterocycles. The number of halogens is 1. The van der Waals surface area contributed by atoms with Crippen molar-refractivity contribution in [2.75, 3.05) is 53.0 Å². The summed E-state index contributed by atoms with van der Waals surface area (Å²) in [7, 11) is 1.65. The number of H-pyrrole nitrogens is 1. The van der Waals surface area contributed by atoms with E-state index < -0.39 is 0 Å². The third kappa shape index (κ3) is 5.52. The highest BCUT2D eigenvalue weighted by Crippen LogP contribution is 2.26. The van der Waals surface area contributed by atoms with Crippen LogP contribution in [-0.4, -0.2) is 84.8 Å². The largest absolute Gasteiger partial charge is 0.385 e. The Morgan fingerprint density at radius 3 is 2.58 bits per heavy atom. The van der Waals surface area contributed by atoms with Gasteiger partial charge in [0.05, 0.1) is 16.7 Å². The predicted octanol–water partition coefficient (Wildman–Crippen LogP) is 1.21. The SMILES string of the molecule is COCCCNC(=O)CN1CCN(C(=O)c2n[nH]c(C(C)C)c2Br)CC1. The van der Waals surface area contributed by atoms with Gasteiger partial charge in [0.25, 0.3) is 5.91 Å². The number of nitrogens with one attached hydrogen (secondary N) is 2. The smallest absolute Gasteiger partial charge is 0.275 e. The molecule has 0 bridgehead atoms. The summed E-state index contributed by atoms with van der Waals surface area (Å²) in [4.78, 5) is 28.5. The Kier molecular flexibility index (Phi) is 8.05. The summed E-state index contributed by atoms with van der Waals surface area (Å²) in [6, 6.07) is 0. The highest BCUT2D eigenvalue weighted by molar-refractivity contribution is 9.10. The number of carbonyl (C=O) groups excluding carboxylic acids is 2. The molecule has 26 heavy (non-hydrogen) atoms. The molecule has 2 rings (SSSR count). The lowest BCUT2D eigenvalue weighted by Gasteiger charge is -2.34. The number of hydrogen-bond donors (Lipinski definition) is 2. The van der Waals surface area contributed by atoms with Crippen molar-refractivity contribution in [2.45, 2.75) is 26.2 Å². The lowest BCUT2D eigenvalue weighted by Crippen LogP contribution is -2.51. The van der Waals surface area contributed by atoms with Crippen molar-refractivity contribution in [3.63, 3.8) is 0 Å². The van der Waals surface area contributed by atoms with E-state index in [9.17, 15) is 9.59 Å². The first-order valence-corrected chi connectivity index (χ1v) is 9.74. The van der Waals surface area contributed by atoms with Gasteiger partial charge in [0.1, 0.15) is 0 Å². The average molecular weight is 430 g/mol. The van der Waals surface area contributed by atoms with Crippen molar-refractivity contribution in [1.29, 1.82) is 0 Å². The molecule has 0 unspecified atom stereocenters. The Morgan fingerprint density at radius 2 is 2.00 bits per heavy atom. The van der Waals surface area contributed by atoms with Gasteiger partial charge in [-0.1, -0.05) is 13.8 Å². The van der Waals surface area contributed by atoms with E-state index in [0.717, 1.165) is 16.6 Å². The number of amides is 2. The number of hydrogen-bond acceptors (Lipinski definition) is 5. The van der Waals surface area contributed by atoms with Crippen molar-refractivity contribution >= 4 is 27.7 Å². The van der Waals surface area contributed by atoms with Crippen molar-refractivity contribution < 1.29 is 14.3 Å². The van der Waals surface area contributed by atoms with Gasteiger partial charge in [-0.3, -0.25) is 19.6 Å². The van der Waals surface area contributed by atoms with Crippen LogP contribution in [0, 0.1) is 0 Å². The minimum Gasteiger partial charge on any atom is -0.385 e. The van der Waals surface area contributed by atoms with E-state index in [1.165, 1.54) is 0 Å². The predicted molar refractivity (Wildman–Crippen MR) is 102 cm³/mol. The summed E-state index contributed by atoms with van der Waals surface area (Å²) in [6.45, 7) is 8.25. The number of nitrogens with zero attached hydrogens (tertiary/aromatic N) is 3. The number of rotatable bonds is 8. The molecule has 0 spiro atoms. The molecule has 0 saturated carbocycles. The molecule has 1 aromatic rings. The Morgan fingerprint density at radius 1 is 1.31 bits per heavy atom. The first-order chi connectivity index (χ1) is 12.4. The van der Waals surface area contributed by atoms with Crippen LogP contribution in [0.25, 0.3) is 0 Å². The van der Waals surface area contributed by atoms with Crippen LogP contribution in [0.5, 0.6) is 0 Å². The summed E-state index contributed by atoms with van der Waals surface area (Å²) in [5.74, 6) is 0.193. The summed E-state index contributed by atoms with van der Waals surface area (Å²) in [5.41, 5.74) is 1.36. The molecule has 1 saturated heterocycles. The minimum atomic E-state index is -0.0799. The van der Waals surface area contributed by atoms with Crippen LogP contribution in [0.4, 0.5) is 0 Å². The van der Waals surface area contributed by atoms with Gasteiger partial charge < -0.3 is 15.0 Å². The molecular weight excluding hydrogens is 402 g/mol. The third-order valence-corrected chi connectivity index (χ3v) is 5.19. The van der Waals surface area contributed by atoms with Gasteiger partial charge >= 0.3 is 0 Å². The number of methoxy groups -OCH3 is 1. The van der Waals surface area contributed by atoms with Gasteiger partial charge in [0.15, 0.2) is 5.69 Å². The normalized spacial score (nSPS) is 15.5. The number of ether oxygens (including phenoxy) is 1. The molecule has 0 atom stereocenters. The Balaban J connectivity index is 1.79. The van der Waals surface area contributed by atoms with E-state index in [-0.39, 0.29) is 17.7 Å². The summed E-state index contributed by atoms with van der Waals surface area (Å²) in [6.07, 6.45) is 0.807. The van der Waals surface area contributed by atoms with Crippen molar-refractivity contribution in [3.05, 3.63) is 15.9 Å². The molecule has 0 aliphatic carbocycles. The number of piperazine rings is 1. The molecule has 1 aromatic heterocycles. The second kappa shape index (κ2) is 10.0. The summed E-state index contributed by atoms with van der Waals surface area (Å²) < 4.78 is 5.70. The maximum atomic E-state index is 12.7. The first-order valence-electron chi connectivity index (χ1n) is 8.95. The van der Waals surface area contributed by atoms with Crippen LogP contribution in [-0.2, 0) is 9.53 Å². The highest BCUT2D eigenvalue weighted by atomic mass is 79.9. The molecule has 1 aliphatic rings. The zero-order valence-electron chi connectivity index (χ0n) is 15.7. The standard InChI is InChI=1S/C17H28BrN5O3/c1-12(2)15-14(18)16(21-20-15)17(25)23-8-6-22(7-9-23)11-13(24)19-5-4-10-26-3/h12H,4-11H2,1-3H3,(H,19,24)(H,20,21). The van der Waals surface area contributed by atoms with E-state index in [0.29, 0.717) is 51.6 Å². The Hall–Kier alpha value is -1.45. The molecule has 146 valence electrons. The van der Waals surface area contributed by atoms with Crippen LogP contribution < -0.4 is 5.32 Å². The Bertz CT molecular complexity index is 612. The summed E-state index contributed by atoms with van der Waals surface area (Å²) in [5, 5.41) is 10.0. The lowest BCUT2D eigenvalue weighted by molar-refractivity contribution is -0.122. The fraction of sp³-hybridized carbons (Fsp3) is 0.706. The van der Waals surface area contributed by atoms with Gasteiger partial charge in [-0.05, 0) is 28.3 Å². The van der Waals surface area contributed by atoms with E-state index in [1.54, 1.807) is 12.0 Å². The number of carbonyl (C=O) groups is 2. The lowest BCUT2D eigenvalue weighted by atomic mass is 10.1. The molecule has 0 aromatic carbocycles. The topological polar surface area (TPSA) is 90.6 Å². The molecule has 8 nitrogen and oxygen atoms in total. The number of aromatic nitrogens is 2.